The second kappa shape index (κ2) is 4.45. The van der Waals surface area contributed by atoms with Crippen molar-refractivity contribution >= 4 is 11.9 Å². The summed E-state index contributed by atoms with van der Waals surface area (Å²) >= 11 is 0. The molecule has 0 amide bonds. The van der Waals surface area contributed by atoms with Crippen molar-refractivity contribution in [1.82, 2.24) is 0 Å². The van der Waals surface area contributed by atoms with E-state index in [4.69, 9.17) is 9.84 Å². The van der Waals surface area contributed by atoms with Gasteiger partial charge in [0.25, 0.3) is 0 Å². The van der Waals surface area contributed by atoms with Crippen molar-refractivity contribution in [3.05, 3.63) is 24.5 Å². The summed E-state index contributed by atoms with van der Waals surface area (Å²) in [6.07, 6.45) is 4.05. The van der Waals surface area contributed by atoms with E-state index >= 15 is 0 Å². The quantitative estimate of drug-likeness (QED) is 0.667. The van der Waals surface area contributed by atoms with Crippen LogP contribution in [0, 0.1) is 0 Å². The van der Waals surface area contributed by atoms with Crippen LogP contribution in [-0.4, -0.2) is 29.3 Å². The summed E-state index contributed by atoms with van der Waals surface area (Å²) in [5, 5.41) is 8.76. The summed E-state index contributed by atoms with van der Waals surface area (Å²) in [4.78, 5) is 21.3. The highest BCUT2D eigenvalue weighted by molar-refractivity contribution is 5.78. The lowest BCUT2D eigenvalue weighted by molar-refractivity contribution is -0.168. The highest BCUT2D eigenvalue weighted by Crippen LogP contribution is 2.11. The fourth-order valence-corrected chi connectivity index (χ4v) is 1.01. The van der Waals surface area contributed by atoms with Gasteiger partial charge in [-0.15, -0.1) is 0 Å². The number of aliphatic carboxylic acids is 1. The molecule has 0 aromatic carbocycles. The third kappa shape index (κ3) is 2.62. The van der Waals surface area contributed by atoms with Gasteiger partial charge in [-0.1, -0.05) is 6.08 Å². The Morgan fingerprint density at radius 2 is 2.21 bits per heavy atom. The predicted molar refractivity (Wildman–Crippen MR) is 46.3 cm³/mol. The third-order valence-corrected chi connectivity index (χ3v) is 1.56. The van der Waals surface area contributed by atoms with Crippen molar-refractivity contribution in [2.24, 2.45) is 0 Å². The maximum Gasteiger partial charge on any atom is 0.349 e. The van der Waals surface area contributed by atoms with Gasteiger partial charge in [0.2, 0.25) is 6.10 Å². The van der Waals surface area contributed by atoms with Gasteiger partial charge in [-0.05, 0) is 12.2 Å². The number of hydrogen-bond donors (Lipinski definition) is 1. The second-order valence-electron chi connectivity index (χ2n) is 2.68. The Labute approximate surface area is 80.6 Å². The average Bonchev–Trinajstić information content (AvgIpc) is 2.15. The Morgan fingerprint density at radius 3 is 2.64 bits per heavy atom. The number of hydrogen-bond acceptors (Lipinski definition) is 4. The maximum absolute atomic E-state index is 10.7. The molecule has 0 radical (unpaired) electrons. The Bertz CT molecular complexity index is 292. The number of carboxylic acid groups (broad SMARTS) is 1. The maximum atomic E-state index is 10.7. The summed E-state index contributed by atoms with van der Waals surface area (Å²) < 4.78 is 9.58. The molecule has 1 N–H and O–H groups in total. The molecule has 5 nitrogen and oxygen atoms in total. The molecule has 0 aromatic rings. The van der Waals surface area contributed by atoms with Crippen LogP contribution in [-0.2, 0) is 19.1 Å². The fourth-order valence-electron chi connectivity index (χ4n) is 1.01. The Balaban J connectivity index is 2.67. The molecule has 5 heteroatoms. The lowest BCUT2D eigenvalue weighted by Crippen LogP contribution is -2.38. The van der Waals surface area contributed by atoms with Crippen LogP contribution in [0.15, 0.2) is 24.5 Å². The number of ether oxygens (including phenoxy) is 2. The highest BCUT2D eigenvalue weighted by Gasteiger charge is 2.30. The predicted octanol–water partition coefficient (Wildman–Crippen LogP) is 0.471. The van der Waals surface area contributed by atoms with Crippen LogP contribution >= 0.6 is 0 Å². The topological polar surface area (TPSA) is 72.8 Å². The van der Waals surface area contributed by atoms with E-state index in [0.717, 1.165) is 6.92 Å². The number of carboxylic acids is 1. The van der Waals surface area contributed by atoms with E-state index in [9.17, 15) is 9.59 Å². The van der Waals surface area contributed by atoms with Crippen LogP contribution in [0.5, 0.6) is 0 Å². The van der Waals surface area contributed by atoms with E-state index in [-0.39, 0.29) is 0 Å². The molecule has 1 aliphatic heterocycles. The molecule has 1 rings (SSSR count). The van der Waals surface area contributed by atoms with Gasteiger partial charge >= 0.3 is 11.9 Å². The summed E-state index contributed by atoms with van der Waals surface area (Å²) in [5.41, 5.74) is 0. The SMILES string of the molecule is CC(=O)OC(C(=O)O)C1C=CC=CO1. The van der Waals surface area contributed by atoms with Crippen molar-refractivity contribution in [1.29, 1.82) is 0 Å². The van der Waals surface area contributed by atoms with Gasteiger partial charge in [-0.3, -0.25) is 4.79 Å². The molecule has 2 unspecified atom stereocenters. The van der Waals surface area contributed by atoms with E-state index in [1.807, 2.05) is 0 Å². The van der Waals surface area contributed by atoms with Gasteiger partial charge in [0.15, 0.2) is 6.10 Å². The number of carbonyl (C=O) groups excluding carboxylic acids is 1. The molecule has 2 atom stereocenters. The first-order valence-corrected chi connectivity index (χ1v) is 4.00. The lowest BCUT2D eigenvalue weighted by Gasteiger charge is -2.21. The van der Waals surface area contributed by atoms with E-state index in [0.29, 0.717) is 0 Å². The highest BCUT2D eigenvalue weighted by atomic mass is 16.6. The molecule has 1 heterocycles. The normalized spacial score (nSPS) is 21.1. The van der Waals surface area contributed by atoms with E-state index in [1.54, 1.807) is 12.2 Å². The number of esters is 1. The van der Waals surface area contributed by atoms with Gasteiger partial charge in [0.1, 0.15) is 0 Å². The van der Waals surface area contributed by atoms with Crippen LogP contribution < -0.4 is 0 Å². The molecule has 0 aromatic heterocycles. The van der Waals surface area contributed by atoms with Gasteiger partial charge in [-0.2, -0.15) is 0 Å². The van der Waals surface area contributed by atoms with Crippen molar-refractivity contribution in [3.63, 3.8) is 0 Å². The van der Waals surface area contributed by atoms with Crippen molar-refractivity contribution in [2.45, 2.75) is 19.1 Å². The number of carbonyl (C=O) groups is 2. The van der Waals surface area contributed by atoms with Crippen molar-refractivity contribution in [2.75, 3.05) is 0 Å². The minimum Gasteiger partial charge on any atom is -0.489 e. The molecule has 0 aliphatic carbocycles. The molecule has 0 bridgehead atoms. The Hall–Kier alpha value is -1.78. The Kier molecular flexibility index (Phi) is 3.28. The molecule has 14 heavy (non-hydrogen) atoms. The molecular formula is C9H10O5. The van der Waals surface area contributed by atoms with Gasteiger partial charge in [0, 0.05) is 6.92 Å². The van der Waals surface area contributed by atoms with Crippen LogP contribution in [0.4, 0.5) is 0 Å². The first kappa shape index (κ1) is 10.3. The zero-order chi connectivity index (χ0) is 10.6. The van der Waals surface area contributed by atoms with Crippen LogP contribution in [0.1, 0.15) is 6.92 Å². The molecular weight excluding hydrogens is 188 g/mol. The van der Waals surface area contributed by atoms with Crippen LogP contribution in [0.3, 0.4) is 0 Å². The average molecular weight is 198 g/mol. The van der Waals surface area contributed by atoms with E-state index < -0.39 is 24.1 Å². The van der Waals surface area contributed by atoms with Gasteiger partial charge < -0.3 is 14.6 Å². The zero-order valence-corrected chi connectivity index (χ0v) is 7.54. The summed E-state index contributed by atoms with van der Waals surface area (Å²) in [7, 11) is 0. The second-order valence-corrected chi connectivity index (χ2v) is 2.68. The van der Waals surface area contributed by atoms with E-state index in [1.165, 1.54) is 12.3 Å². The Morgan fingerprint density at radius 1 is 1.50 bits per heavy atom. The van der Waals surface area contributed by atoms with Gasteiger partial charge in [-0.25, -0.2) is 4.79 Å². The van der Waals surface area contributed by atoms with Crippen molar-refractivity contribution in [3.8, 4) is 0 Å². The summed E-state index contributed by atoms with van der Waals surface area (Å²) in [6.45, 7) is 1.15. The van der Waals surface area contributed by atoms with Crippen LogP contribution in [0.2, 0.25) is 0 Å². The number of rotatable bonds is 3. The zero-order valence-electron chi connectivity index (χ0n) is 7.54. The molecule has 0 spiro atoms. The molecule has 76 valence electrons. The standard InChI is InChI=1S/C9H10O5/c1-6(10)14-8(9(11)12)7-4-2-3-5-13-7/h2-5,7-8H,1H3,(H,11,12). The molecule has 0 saturated heterocycles. The molecule has 0 fully saturated rings. The van der Waals surface area contributed by atoms with Crippen molar-refractivity contribution < 1.29 is 24.2 Å². The summed E-state index contributed by atoms with van der Waals surface area (Å²) in [5.74, 6) is -1.88. The molecule has 0 saturated carbocycles. The monoisotopic (exact) mass is 198 g/mol. The largest absolute Gasteiger partial charge is 0.489 e. The van der Waals surface area contributed by atoms with E-state index in [2.05, 4.69) is 4.74 Å². The van der Waals surface area contributed by atoms with Gasteiger partial charge in [0.05, 0.1) is 6.26 Å². The first-order valence-electron chi connectivity index (χ1n) is 4.00. The first-order chi connectivity index (χ1) is 6.61. The smallest absolute Gasteiger partial charge is 0.349 e. The third-order valence-electron chi connectivity index (χ3n) is 1.56. The summed E-state index contributed by atoms with van der Waals surface area (Å²) in [6, 6.07) is 0. The lowest BCUT2D eigenvalue weighted by atomic mass is 10.1. The number of allylic oxidation sites excluding steroid dienone is 2. The minimum atomic E-state index is -1.30. The minimum absolute atomic E-state index is 0.649. The molecule has 1 aliphatic rings. The van der Waals surface area contributed by atoms with Crippen LogP contribution in [0.25, 0.3) is 0 Å². The fraction of sp³-hybridized carbons (Fsp3) is 0.333.